The van der Waals surface area contributed by atoms with Gasteiger partial charge in [-0.15, -0.1) is 0 Å². The Labute approximate surface area is 582 Å². The summed E-state index contributed by atoms with van der Waals surface area (Å²) in [6.07, 6.45) is 71.5. The number of esters is 4. The van der Waals surface area contributed by atoms with Gasteiger partial charge in [0.2, 0.25) is 0 Å². The van der Waals surface area contributed by atoms with Crippen molar-refractivity contribution in [2.75, 3.05) is 39.6 Å². The average molecular weight is 1390 g/mol. The van der Waals surface area contributed by atoms with E-state index < -0.39 is 97.5 Å². The standard InChI is InChI=1S/C77H134O17P2/c1-5-9-13-17-21-25-29-32-35-38-42-45-49-53-57-61-74(79)87-67-72(93-76(81)63-59-55-51-47-41-28-24-20-16-12-8-4)69-91-95(83,84)89-65-71(78)66-90-96(85,86)92-70-73(94-77(82)64-60-56-52-48-44-40-37-34-31-27-23-19-15-11-7-3)68-88-75(80)62-58-54-50-46-43-39-36-33-30-26-22-18-14-10-6-2/h10,14,20,22,24,26,32-37,43,46,54,58,71-73,78H,5-9,11-13,15-19,21,23,25,27-31,38-42,44-45,47-53,55-57,59-70H2,1-4H3,(H,83,84)(H,85,86)/b14-10-,24-20-,26-22-,35-32-,36-33-,37-34-,46-43-,58-54-. The quantitative estimate of drug-likeness (QED) is 0.0169. The molecule has 0 aliphatic heterocycles. The Balaban J connectivity index is 5.40. The predicted octanol–water partition coefficient (Wildman–Crippen LogP) is 21.2. The molecule has 0 aromatic rings. The summed E-state index contributed by atoms with van der Waals surface area (Å²) in [4.78, 5) is 72.7. The molecule has 0 heterocycles. The maximum Gasteiger partial charge on any atom is 0.472 e. The van der Waals surface area contributed by atoms with Crippen LogP contribution in [0.2, 0.25) is 0 Å². The molecule has 5 unspecified atom stereocenters. The van der Waals surface area contributed by atoms with Crippen molar-refractivity contribution < 1.29 is 80.2 Å². The van der Waals surface area contributed by atoms with Crippen LogP contribution in [0, 0.1) is 0 Å². The van der Waals surface area contributed by atoms with Gasteiger partial charge in [0.1, 0.15) is 19.3 Å². The number of ether oxygens (including phenoxy) is 4. The average Bonchev–Trinajstić information content (AvgIpc) is 1.09. The zero-order chi connectivity index (χ0) is 70.4. The van der Waals surface area contributed by atoms with Crippen LogP contribution in [0.3, 0.4) is 0 Å². The van der Waals surface area contributed by atoms with E-state index in [1.54, 1.807) is 6.08 Å². The fourth-order valence-electron chi connectivity index (χ4n) is 9.79. The zero-order valence-electron chi connectivity index (χ0n) is 60.3. The highest BCUT2D eigenvalue weighted by Gasteiger charge is 2.30. The van der Waals surface area contributed by atoms with Crippen LogP contribution in [0.25, 0.3) is 0 Å². The Kier molecular flexibility index (Phi) is 66.6. The number of phosphoric ester groups is 2. The van der Waals surface area contributed by atoms with Crippen molar-refractivity contribution in [3.8, 4) is 0 Å². The fourth-order valence-corrected chi connectivity index (χ4v) is 11.4. The van der Waals surface area contributed by atoms with Gasteiger partial charge in [0.15, 0.2) is 12.2 Å². The summed E-state index contributed by atoms with van der Waals surface area (Å²) in [6, 6.07) is 0. The molecule has 0 saturated heterocycles. The van der Waals surface area contributed by atoms with Crippen LogP contribution in [-0.2, 0) is 65.4 Å². The first-order valence-electron chi connectivity index (χ1n) is 37.5. The second-order valence-electron chi connectivity index (χ2n) is 24.9. The first-order chi connectivity index (χ1) is 46.7. The van der Waals surface area contributed by atoms with Gasteiger partial charge in [0.25, 0.3) is 0 Å². The van der Waals surface area contributed by atoms with E-state index in [9.17, 15) is 43.2 Å². The summed E-state index contributed by atoms with van der Waals surface area (Å²) < 4.78 is 68.2. The van der Waals surface area contributed by atoms with Crippen LogP contribution in [0.15, 0.2) is 97.2 Å². The van der Waals surface area contributed by atoms with Crippen LogP contribution in [0.1, 0.15) is 310 Å². The number of carbonyl (C=O) groups excluding carboxylic acids is 4. The molecule has 0 aromatic heterocycles. The van der Waals surface area contributed by atoms with Crippen molar-refractivity contribution in [3.63, 3.8) is 0 Å². The van der Waals surface area contributed by atoms with Crippen molar-refractivity contribution in [1.29, 1.82) is 0 Å². The van der Waals surface area contributed by atoms with E-state index >= 15 is 0 Å². The molecule has 5 atom stereocenters. The molecule has 19 heteroatoms. The van der Waals surface area contributed by atoms with Crippen LogP contribution < -0.4 is 0 Å². The second-order valence-corrected chi connectivity index (χ2v) is 27.8. The molecule has 0 rings (SSSR count). The zero-order valence-corrected chi connectivity index (χ0v) is 62.1. The lowest BCUT2D eigenvalue weighted by molar-refractivity contribution is -0.161. The largest absolute Gasteiger partial charge is 0.472 e. The Hall–Kier alpha value is -4.02. The summed E-state index contributed by atoms with van der Waals surface area (Å²) in [5, 5.41) is 10.6. The predicted molar refractivity (Wildman–Crippen MR) is 390 cm³/mol. The van der Waals surface area contributed by atoms with Crippen molar-refractivity contribution in [1.82, 2.24) is 0 Å². The number of aliphatic hydroxyl groups excluding tert-OH is 1. The molecule has 0 fully saturated rings. The lowest BCUT2D eigenvalue weighted by Crippen LogP contribution is -2.30. The molecule has 0 spiro atoms. The molecule has 3 N–H and O–H groups in total. The van der Waals surface area contributed by atoms with Gasteiger partial charge < -0.3 is 33.8 Å². The van der Waals surface area contributed by atoms with E-state index in [0.29, 0.717) is 25.7 Å². The van der Waals surface area contributed by atoms with Gasteiger partial charge in [0, 0.05) is 19.3 Å². The number of hydrogen-bond acceptors (Lipinski definition) is 15. The molecule has 96 heavy (non-hydrogen) atoms. The highest BCUT2D eigenvalue weighted by Crippen LogP contribution is 2.45. The van der Waals surface area contributed by atoms with Crippen molar-refractivity contribution in [2.24, 2.45) is 0 Å². The maximum atomic E-state index is 13.0. The number of hydrogen-bond donors (Lipinski definition) is 3. The van der Waals surface area contributed by atoms with Crippen LogP contribution in [0.5, 0.6) is 0 Å². The molecule has 17 nitrogen and oxygen atoms in total. The summed E-state index contributed by atoms with van der Waals surface area (Å²) >= 11 is 0. The molecule has 0 radical (unpaired) electrons. The summed E-state index contributed by atoms with van der Waals surface area (Å²) in [5.74, 6) is -2.34. The van der Waals surface area contributed by atoms with Gasteiger partial charge in [0.05, 0.1) is 32.8 Å². The molecular formula is C77H134O17P2. The number of unbranched alkanes of at least 4 members (excludes halogenated alkanes) is 29. The van der Waals surface area contributed by atoms with Gasteiger partial charge in [-0.05, 0) is 122 Å². The van der Waals surface area contributed by atoms with Crippen LogP contribution >= 0.6 is 15.6 Å². The first-order valence-corrected chi connectivity index (χ1v) is 40.5. The van der Waals surface area contributed by atoms with Crippen LogP contribution in [0.4, 0.5) is 0 Å². The van der Waals surface area contributed by atoms with E-state index in [4.69, 9.17) is 37.0 Å². The number of allylic oxidation sites excluding steroid dienone is 15. The molecule has 0 aliphatic carbocycles. The monoisotopic (exact) mass is 1390 g/mol. The van der Waals surface area contributed by atoms with Crippen molar-refractivity contribution in [2.45, 2.75) is 329 Å². The van der Waals surface area contributed by atoms with Crippen molar-refractivity contribution >= 4 is 39.5 Å². The molecule has 0 aromatic carbocycles. The van der Waals surface area contributed by atoms with E-state index in [1.165, 1.54) is 89.9 Å². The van der Waals surface area contributed by atoms with Gasteiger partial charge in [-0.25, -0.2) is 9.13 Å². The molecule has 554 valence electrons. The minimum Gasteiger partial charge on any atom is -0.462 e. The third-order valence-electron chi connectivity index (χ3n) is 15.5. The van der Waals surface area contributed by atoms with Gasteiger partial charge >= 0.3 is 39.5 Å². The summed E-state index contributed by atoms with van der Waals surface area (Å²) in [5.41, 5.74) is 0. The van der Waals surface area contributed by atoms with E-state index in [1.807, 2.05) is 18.2 Å². The highest BCUT2D eigenvalue weighted by molar-refractivity contribution is 7.47. The van der Waals surface area contributed by atoms with E-state index in [2.05, 4.69) is 101 Å². The molecular weight excluding hydrogens is 1260 g/mol. The third-order valence-corrected chi connectivity index (χ3v) is 17.4. The summed E-state index contributed by atoms with van der Waals surface area (Å²) in [7, 11) is -9.97. The lowest BCUT2D eigenvalue weighted by atomic mass is 10.1. The SMILES string of the molecule is CC/C=C\C/C=C\C/C=C\C/C=C\C/C=C\CC(=O)OCC(COP(=O)(O)OCC(O)COP(=O)(O)OCC(COC(=O)CCCCCCC/C=C\CCCCCCCC)OC(=O)CCCCCCC/C=C\CCCC)OC(=O)CCCCCCC/C=C\CCCCCCCC. The van der Waals surface area contributed by atoms with Gasteiger partial charge in [-0.3, -0.25) is 37.3 Å². The Morgan fingerprint density at radius 3 is 0.948 bits per heavy atom. The van der Waals surface area contributed by atoms with Gasteiger partial charge in [-0.1, -0.05) is 260 Å². The first kappa shape index (κ1) is 92.0. The molecule has 0 amide bonds. The Morgan fingerprint density at radius 2 is 0.594 bits per heavy atom. The normalized spacial score (nSPS) is 14.5. The second kappa shape index (κ2) is 69.5. The highest BCUT2D eigenvalue weighted by atomic mass is 31.2. The fraction of sp³-hybridized carbons (Fsp3) is 0.740. The number of carbonyl (C=O) groups is 4. The molecule has 0 bridgehead atoms. The molecule has 0 saturated carbocycles. The molecule has 0 aliphatic rings. The Bertz CT molecular complexity index is 2200. The van der Waals surface area contributed by atoms with E-state index in [-0.39, 0.29) is 25.7 Å². The topological polar surface area (TPSA) is 237 Å². The Morgan fingerprint density at radius 1 is 0.312 bits per heavy atom. The van der Waals surface area contributed by atoms with Gasteiger partial charge in [-0.2, -0.15) is 0 Å². The summed E-state index contributed by atoms with van der Waals surface area (Å²) in [6.45, 7) is 4.58. The minimum absolute atomic E-state index is 0.0656. The van der Waals surface area contributed by atoms with Crippen LogP contribution in [-0.4, -0.2) is 96.7 Å². The smallest absolute Gasteiger partial charge is 0.462 e. The maximum absolute atomic E-state index is 13.0. The third kappa shape index (κ3) is 68.5. The number of phosphoric acid groups is 2. The van der Waals surface area contributed by atoms with E-state index in [0.717, 1.165) is 141 Å². The van der Waals surface area contributed by atoms with Crippen molar-refractivity contribution in [3.05, 3.63) is 97.2 Å². The number of rotatable bonds is 70. The lowest BCUT2D eigenvalue weighted by Gasteiger charge is -2.21. The number of aliphatic hydroxyl groups is 1. The minimum atomic E-state index is -4.99.